The van der Waals surface area contributed by atoms with Crippen LogP contribution in [0.2, 0.25) is 0 Å². The molecular weight excluding hydrogens is 372 g/mol. The van der Waals surface area contributed by atoms with Crippen molar-refractivity contribution in [3.05, 3.63) is 41.5 Å². The minimum Gasteiger partial charge on any atom is -0.379 e. The van der Waals surface area contributed by atoms with E-state index in [-0.39, 0.29) is 0 Å². The Morgan fingerprint density at radius 3 is 2.36 bits per heavy atom. The molecule has 0 aliphatic carbocycles. The smallest absolute Gasteiger partial charge is 0.146 e. The molecule has 28 heavy (non-hydrogen) atoms. The molecule has 146 valence electrons. The molecule has 2 fully saturated rings. The number of morpholine rings is 2. The largest absolute Gasteiger partial charge is 0.379 e. The second-order valence-electron chi connectivity index (χ2n) is 7.15. The Morgan fingerprint density at radius 2 is 1.61 bits per heavy atom. The second kappa shape index (κ2) is 8.13. The van der Waals surface area contributed by atoms with Gasteiger partial charge >= 0.3 is 0 Å². The van der Waals surface area contributed by atoms with Gasteiger partial charge < -0.3 is 14.4 Å². The Balaban J connectivity index is 1.58. The molecule has 0 radical (unpaired) electrons. The van der Waals surface area contributed by atoms with Gasteiger partial charge in [0.25, 0.3) is 0 Å². The van der Waals surface area contributed by atoms with E-state index in [1.807, 2.05) is 0 Å². The van der Waals surface area contributed by atoms with Crippen LogP contribution in [-0.4, -0.2) is 67.5 Å². The molecule has 6 nitrogen and oxygen atoms in total. The molecule has 3 aromatic rings. The predicted octanol–water partition coefficient (Wildman–Crippen LogP) is 3.03. The van der Waals surface area contributed by atoms with Crippen molar-refractivity contribution in [2.45, 2.75) is 6.54 Å². The lowest BCUT2D eigenvalue weighted by Gasteiger charge is -2.30. The van der Waals surface area contributed by atoms with Gasteiger partial charge in [0, 0.05) is 37.1 Å². The predicted molar refractivity (Wildman–Crippen MR) is 112 cm³/mol. The topological polar surface area (TPSA) is 50.7 Å². The third-order valence-electron chi connectivity index (χ3n) is 5.32. The number of rotatable bonds is 4. The minimum absolute atomic E-state index is 0.745. The molecule has 0 spiro atoms. The highest BCUT2D eigenvalue weighted by atomic mass is 32.1. The van der Waals surface area contributed by atoms with Crippen LogP contribution in [0.1, 0.15) is 5.82 Å². The number of hydrogen-bond donors (Lipinski definition) is 0. The Kier molecular flexibility index (Phi) is 5.22. The zero-order valence-corrected chi connectivity index (χ0v) is 16.7. The maximum atomic E-state index is 5.58. The van der Waals surface area contributed by atoms with E-state index < -0.39 is 0 Å². The molecule has 0 saturated carbocycles. The van der Waals surface area contributed by atoms with E-state index >= 15 is 0 Å². The quantitative estimate of drug-likeness (QED) is 0.676. The minimum atomic E-state index is 0.745. The van der Waals surface area contributed by atoms with Gasteiger partial charge in [0.15, 0.2) is 0 Å². The molecule has 7 heteroatoms. The Hall–Kier alpha value is -2.06. The summed E-state index contributed by atoms with van der Waals surface area (Å²) < 4.78 is 11.1. The van der Waals surface area contributed by atoms with Crippen LogP contribution in [0.3, 0.4) is 0 Å². The molecule has 2 aliphatic heterocycles. The Morgan fingerprint density at radius 1 is 0.893 bits per heavy atom. The van der Waals surface area contributed by atoms with Crippen molar-refractivity contribution in [2.75, 3.05) is 57.5 Å². The van der Waals surface area contributed by atoms with E-state index in [1.165, 1.54) is 16.5 Å². The van der Waals surface area contributed by atoms with Crippen molar-refractivity contribution < 1.29 is 9.47 Å². The van der Waals surface area contributed by atoms with Crippen LogP contribution >= 0.6 is 11.3 Å². The maximum Gasteiger partial charge on any atom is 0.146 e. The molecule has 1 aromatic carbocycles. The van der Waals surface area contributed by atoms with Crippen molar-refractivity contribution in [1.82, 2.24) is 14.9 Å². The number of benzene rings is 1. The number of thiophene rings is 1. The van der Waals surface area contributed by atoms with E-state index in [9.17, 15) is 0 Å². The highest BCUT2D eigenvalue weighted by Crippen LogP contribution is 2.38. The third kappa shape index (κ3) is 3.63. The van der Waals surface area contributed by atoms with Crippen LogP contribution in [0.4, 0.5) is 5.82 Å². The van der Waals surface area contributed by atoms with Crippen LogP contribution in [0.5, 0.6) is 0 Å². The van der Waals surface area contributed by atoms with Crippen LogP contribution in [0.25, 0.3) is 21.3 Å². The van der Waals surface area contributed by atoms with E-state index in [1.54, 1.807) is 11.3 Å². The molecule has 2 saturated heterocycles. The van der Waals surface area contributed by atoms with E-state index in [4.69, 9.17) is 19.4 Å². The number of hydrogen-bond acceptors (Lipinski definition) is 7. The summed E-state index contributed by atoms with van der Waals surface area (Å²) in [5, 5.41) is 3.39. The highest BCUT2D eigenvalue weighted by molar-refractivity contribution is 7.17. The molecule has 2 aromatic heterocycles. The van der Waals surface area contributed by atoms with Crippen LogP contribution in [0.15, 0.2) is 35.7 Å². The fraction of sp³-hybridized carbons (Fsp3) is 0.429. The monoisotopic (exact) mass is 396 g/mol. The van der Waals surface area contributed by atoms with Gasteiger partial charge in [-0.05, 0) is 5.56 Å². The van der Waals surface area contributed by atoms with Crippen molar-refractivity contribution in [3.8, 4) is 11.1 Å². The fourth-order valence-corrected chi connectivity index (χ4v) is 4.79. The van der Waals surface area contributed by atoms with E-state index in [0.29, 0.717) is 0 Å². The van der Waals surface area contributed by atoms with Crippen LogP contribution < -0.4 is 4.90 Å². The lowest BCUT2D eigenvalue weighted by molar-refractivity contribution is 0.0331. The molecule has 2 aliphatic rings. The van der Waals surface area contributed by atoms with Crippen molar-refractivity contribution in [3.63, 3.8) is 0 Å². The van der Waals surface area contributed by atoms with Gasteiger partial charge in [-0.3, -0.25) is 4.90 Å². The zero-order valence-electron chi connectivity index (χ0n) is 15.8. The first-order valence-electron chi connectivity index (χ1n) is 9.85. The van der Waals surface area contributed by atoms with Crippen molar-refractivity contribution >= 4 is 27.4 Å². The lowest BCUT2D eigenvalue weighted by Crippen LogP contribution is -2.38. The Labute approximate surface area is 168 Å². The number of ether oxygens (including phenoxy) is 2. The number of nitrogens with zero attached hydrogens (tertiary/aromatic N) is 4. The standard InChI is InChI=1S/C21H24N4O2S/c1-2-4-16(5-3-1)17-15-28-21-19(17)20(25-8-12-27-13-9-25)22-18(23-21)14-24-6-10-26-11-7-24/h1-5,15H,6-14H2. The van der Waals surface area contributed by atoms with Gasteiger partial charge in [0.05, 0.1) is 38.4 Å². The van der Waals surface area contributed by atoms with Crippen LogP contribution in [0, 0.1) is 0 Å². The molecule has 0 N–H and O–H groups in total. The first-order chi connectivity index (χ1) is 13.9. The number of aromatic nitrogens is 2. The molecule has 5 rings (SSSR count). The molecule has 0 amide bonds. The van der Waals surface area contributed by atoms with Gasteiger partial charge in [-0.1, -0.05) is 30.3 Å². The van der Waals surface area contributed by atoms with E-state index in [0.717, 1.165) is 75.6 Å². The SMILES string of the molecule is c1ccc(-c2csc3nc(CN4CCOCC4)nc(N4CCOCC4)c23)cc1. The molecule has 0 unspecified atom stereocenters. The van der Waals surface area contributed by atoms with Gasteiger partial charge in [-0.25, -0.2) is 9.97 Å². The molecule has 4 heterocycles. The lowest BCUT2D eigenvalue weighted by atomic mass is 10.1. The van der Waals surface area contributed by atoms with Crippen molar-refractivity contribution in [1.29, 1.82) is 0 Å². The van der Waals surface area contributed by atoms with Gasteiger partial charge in [-0.15, -0.1) is 11.3 Å². The van der Waals surface area contributed by atoms with E-state index in [2.05, 4.69) is 45.5 Å². The zero-order chi connectivity index (χ0) is 18.8. The normalized spacial score (nSPS) is 18.6. The highest BCUT2D eigenvalue weighted by Gasteiger charge is 2.22. The maximum absolute atomic E-state index is 5.58. The van der Waals surface area contributed by atoms with Gasteiger partial charge in [-0.2, -0.15) is 0 Å². The summed E-state index contributed by atoms with van der Waals surface area (Å²) in [5.41, 5.74) is 2.44. The third-order valence-corrected chi connectivity index (χ3v) is 6.20. The average molecular weight is 397 g/mol. The average Bonchev–Trinajstić information content (AvgIpc) is 3.19. The number of fused-ring (bicyclic) bond motifs is 1. The summed E-state index contributed by atoms with van der Waals surface area (Å²) in [4.78, 5) is 15.8. The first-order valence-corrected chi connectivity index (χ1v) is 10.7. The molecule has 0 atom stereocenters. The summed E-state index contributed by atoms with van der Waals surface area (Å²) >= 11 is 1.71. The van der Waals surface area contributed by atoms with Gasteiger partial charge in [0.2, 0.25) is 0 Å². The van der Waals surface area contributed by atoms with Crippen molar-refractivity contribution in [2.24, 2.45) is 0 Å². The summed E-state index contributed by atoms with van der Waals surface area (Å²) in [5.74, 6) is 1.95. The first kappa shape index (κ1) is 18.0. The summed E-state index contributed by atoms with van der Waals surface area (Å²) in [6.45, 7) is 7.45. The molecule has 0 bridgehead atoms. The number of anilines is 1. The van der Waals surface area contributed by atoms with Gasteiger partial charge in [0.1, 0.15) is 16.5 Å². The Bertz CT molecular complexity index is 934. The fourth-order valence-electron chi connectivity index (χ4n) is 3.83. The summed E-state index contributed by atoms with van der Waals surface area (Å²) in [7, 11) is 0. The molecular formula is C21H24N4O2S. The summed E-state index contributed by atoms with van der Waals surface area (Å²) in [6, 6.07) is 10.5. The van der Waals surface area contributed by atoms with Crippen LogP contribution in [-0.2, 0) is 16.0 Å². The summed E-state index contributed by atoms with van der Waals surface area (Å²) in [6.07, 6.45) is 0. The second-order valence-corrected chi connectivity index (χ2v) is 8.01.